The van der Waals surface area contributed by atoms with E-state index in [1.165, 1.54) is 4.90 Å². The number of nitrogens with zero attached hydrogens (tertiary/aromatic N) is 2. The van der Waals surface area contributed by atoms with Crippen molar-refractivity contribution in [3.05, 3.63) is 34.9 Å². The van der Waals surface area contributed by atoms with Gasteiger partial charge >= 0.3 is 0 Å². The molecule has 1 aromatic rings. The molecule has 0 spiro atoms. The lowest BCUT2D eigenvalue weighted by Crippen LogP contribution is -2.43. The number of likely N-dealkylation sites (tertiary alicyclic amines) is 1. The third-order valence-electron chi connectivity index (χ3n) is 4.09. The van der Waals surface area contributed by atoms with Crippen molar-refractivity contribution < 1.29 is 14.7 Å². The van der Waals surface area contributed by atoms with E-state index in [9.17, 15) is 14.7 Å². The molecule has 0 saturated carbocycles. The van der Waals surface area contributed by atoms with Crippen molar-refractivity contribution in [3.63, 3.8) is 0 Å². The molecule has 1 saturated heterocycles. The van der Waals surface area contributed by atoms with Crippen LogP contribution in [-0.2, 0) is 9.59 Å². The van der Waals surface area contributed by atoms with Crippen LogP contribution in [0, 0.1) is 5.92 Å². The van der Waals surface area contributed by atoms with Crippen LogP contribution in [0.15, 0.2) is 24.3 Å². The van der Waals surface area contributed by atoms with Crippen LogP contribution in [0.25, 0.3) is 0 Å². The zero-order chi connectivity index (χ0) is 17.4. The van der Waals surface area contributed by atoms with Crippen molar-refractivity contribution in [2.45, 2.75) is 31.9 Å². The number of likely N-dealkylation sites (N-methyl/N-ethyl adjacent to an activating group) is 1. The summed E-state index contributed by atoms with van der Waals surface area (Å²) in [5.41, 5.74) is -0.134. The Morgan fingerprint density at radius 2 is 2.13 bits per heavy atom. The minimum absolute atomic E-state index is 0.0648. The minimum Gasteiger partial charge on any atom is -0.389 e. The molecule has 1 fully saturated rings. The summed E-state index contributed by atoms with van der Waals surface area (Å²) in [6.07, 6.45) is 0.169. The van der Waals surface area contributed by atoms with Gasteiger partial charge in [0.2, 0.25) is 11.8 Å². The number of halogens is 1. The Kier molecular flexibility index (Phi) is 5.01. The van der Waals surface area contributed by atoms with Crippen LogP contribution in [0.4, 0.5) is 0 Å². The average Bonchev–Trinajstić information content (AvgIpc) is 2.72. The Labute approximate surface area is 141 Å². The maximum Gasteiger partial charge on any atom is 0.228 e. The fourth-order valence-corrected chi connectivity index (χ4v) is 3.38. The molecule has 5 nitrogen and oxygen atoms in total. The first kappa shape index (κ1) is 17.8. The lowest BCUT2D eigenvalue weighted by molar-refractivity contribution is -0.137. The monoisotopic (exact) mass is 338 g/mol. The molecule has 126 valence electrons. The number of carbonyl (C=O) groups is 2. The topological polar surface area (TPSA) is 60.9 Å². The SMILES string of the molecule is CN(CC(C)(C)O)C(=O)C1CC(=O)N(C)C1c1cccc(Cl)c1. The Balaban J connectivity index is 2.28. The molecule has 2 atom stereocenters. The van der Waals surface area contributed by atoms with Gasteiger partial charge in [0.05, 0.1) is 17.6 Å². The molecule has 0 aliphatic carbocycles. The van der Waals surface area contributed by atoms with Crippen molar-refractivity contribution in [1.82, 2.24) is 9.80 Å². The lowest BCUT2D eigenvalue weighted by atomic mass is 9.92. The Hall–Kier alpha value is -1.59. The first-order valence-corrected chi connectivity index (χ1v) is 7.96. The number of amides is 2. The summed E-state index contributed by atoms with van der Waals surface area (Å²) < 4.78 is 0. The Morgan fingerprint density at radius 3 is 2.70 bits per heavy atom. The van der Waals surface area contributed by atoms with Crippen molar-refractivity contribution in [2.24, 2.45) is 5.92 Å². The van der Waals surface area contributed by atoms with Gasteiger partial charge in [-0.05, 0) is 31.5 Å². The van der Waals surface area contributed by atoms with E-state index in [-0.39, 0.29) is 30.8 Å². The van der Waals surface area contributed by atoms with Crippen molar-refractivity contribution in [2.75, 3.05) is 20.6 Å². The summed E-state index contributed by atoms with van der Waals surface area (Å²) in [6, 6.07) is 6.91. The quantitative estimate of drug-likeness (QED) is 0.914. The lowest BCUT2D eigenvalue weighted by Gasteiger charge is -2.31. The second-order valence-corrected chi connectivity index (χ2v) is 7.26. The minimum atomic E-state index is -0.982. The first-order chi connectivity index (χ1) is 10.6. The highest BCUT2D eigenvalue weighted by molar-refractivity contribution is 6.30. The van der Waals surface area contributed by atoms with E-state index < -0.39 is 11.5 Å². The molecule has 1 aliphatic heterocycles. The van der Waals surface area contributed by atoms with E-state index in [4.69, 9.17) is 11.6 Å². The van der Waals surface area contributed by atoms with Gasteiger partial charge in [-0.25, -0.2) is 0 Å². The third-order valence-corrected chi connectivity index (χ3v) is 4.33. The predicted octanol–water partition coefficient (Wildman–Crippen LogP) is 2.09. The number of benzene rings is 1. The van der Waals surface area contributed by atoms with Gasteiger partial charge in [-0.1, -0.05) is 23.7 Å². The van der Waals surface area contributed by atoms with E-state index in [1.807, 2.05) is 12.1 Å². The van der Waals surface area contributed by atoms with Crippen LogP contribution >= 0.6 is 11.6 Å². The van der Waals surface area contributed by atoms with Gasteiger partial charge in [-0.2, -0.15) is 0 Å². The summed E-state index contributed by atoms with van der Waals surface area (Å²) in [6.45, 7) is 3.51. The molecule has 0 radical (unpaired) electrons. The molecule has 0 bridgehead atoms. The number of rotatable bonds is 4. The third kappa shape index (κ3) is 4.03. The van der Waals surface area contributed by atoms with Crippen LogP contribution in [-0.4, -0.2) is 53.0 Å². The molecular formula is C17H23ClN2O3. The summed E-state index contributed by atoms with van der Waals surface area (Å²) in [5.74, 6) is -0.682. The van der Waals surface area contributed by atoms with Crippen LogP contribution < -0.4 is 0 Å². The zero-order valence-corrected chi connectivity index (χ0v) is 14.7. The van der Waals surface area contributed by atoms with Crippen LogP contribution in [0.2, 0.25) is 5.02 Å². The van der Waals surface area contributed by atoms with Crippen molar-refractivity contribution in [3.8, 4) is 0 Å². The summed E-state index contributed by atoms with van der Waals surface area (Å²) >= 11 is 6.05. The number of hydrogen-bond donors (Lipinski definition) is 1. The molecule has 2 rings (SSSR count). The second kappa shape index (κ2) is 6.49. The van der Waals surface area contributed by atoms with Gasteiger partial charge in [0.25, 0.3) is 0 Å². The zero-order valence-electron chi connectivity index (χ0n) is 13.9. The van der Waals surface area contributed by atoms with Crippen molar-refractivity contribution >= 4 is 23.4 Å². The first-order valence-electron chi connectivity index (χ1n) is 7.58. The van der Waals surface area contributed by atoms with Crippen LogP contribution in [0.5, 0.6) is 0 Å². The molecule has 1 heterocycles. The smallest absolute Gasteiger partial charge is 0.228 e. The Bertz CT molecular complexity index is 612. The largest absolute Gasteiger partial charge is 0.389 e. The van der Waals surface area contributed by atoms with E-state index in [0.29, 0.717) is 5.02 Å². The number of hydrogen-bond acceptors (Lipinski definition) is 3. The highest BCUT2D eigenvalue weighted by Gasteiger charge is 2.44. The summed E-state index contributed by atoms with van der Waals surface area (Å²) in [5, 5.41) is 10.5. The van der Waals surface area contributed by atoms with Crippen LogP contribution in [0.1, 0.15) is 31.9 Å². The maximum atomic E-state index is 12.8. The van der Waals surface area contributed by atoms with Gasteiger partial charge < -0.3 is 14.9 Å². The molecule has 6 heteroatoms. The second-order valence-electron chi connectivity index (χ2n) is 6.82. The van der Waals surface area contributed by atoms with E-state index in [0.717, 1.165) is 5.56 Å². The highest BCUT2D eigenvalue weighted by atomic mass is 35.5. The van der Waals surface area contributed by atoms with Gasteiger partial charge in [-0.3, -0.25) is 9.59 Å². The molecular weight excluding hydrogens is 316 g/mol. The number of carbonyl (C=O) groups excluding carboxylic acids is 2. The van der Waals surface area contributed by atoms with Gasteiger partial charge in [0.15, 0.2) is 0 Å². The molecule has 1 aromatic carbocycles. The molecule has 1 aliphatic rings. The fraction of sp³-hybridized carbons (Fsp3) is 0.529. The molecule has 2 unspecified atom stereocenters. The van der Waals surface area contributed by atoms with Crippen LogP contribution in [0.3, 0.4) is 0 Å². The fourth-order valence-electron chi connectivity index (χ4n) is 3.18. The van der Waals surface area contributed by atoms with Gasteiger partial charge in [-0.15, -0.1) is 0 Å². The van der Waals surface area contributed by atoms with E-state index >= 15 is 0 Å². The summed E-state index contributed by atoms with van der Waals surface area (Å²) in [4.78, 5) is 28.0. The van der Waals surface area contributed by atoms with Crippen molar-refractivity contribution in [1.29, 1.82) is 0 Å². The van der Waals surface area contributed by atoms with Gasteiger partial charge in [0, 0.05) is 32.1 Å². The standard InChI is InChI=1S/C17H23ClN2O3/c1-17(2,23)10-19(3)16(22)13-9-14(21)20(4)15(13)11-6-5-7-12(18)8-11/h5-8,13,15,23H,9-10H2,1-4H3. The van der Waals surface area contributed by atoms with E-state index in [1.54, 1.807) is 45.0 Å². The van der Waals surface area contributed by atoms with E-state index in [2.05, 4.69) is 0 Å². The predicted molar refractivity (Wildman–Crippen MR) is 89.0 cm³/mol. The van der Waals surface area contributed by atoms with Gasteiger partial charge in [0.1, 0.15) is 0 Å². The normalized spacial score (nSPS) is 21.7. The Morgan fingerprint density at radius 1 is 1.48 bits per heavy atom. The highest BCUT2D eigenvalue weighted by Crippen LogP contribution is 2.38. The molecule has 2 amide bonds. The molecule has 0 aromatic heterocycles. The molecule has 23 heavy (non-hydrogen) atoms. The maximum absolute atomic E-state index is 12.8. The molecule has 1 N–H and O–H groups in total. The average molecular weight is 339 g/mol. The number of aliphatic hydroxyl groups is 1. The summed E-state index contributed by atoms with van der Waals surface area (Å²) in [7, 11) is 3.36.